The summed E-state index contributed by atoms with van der Waals surface area (Å²) in [7, 11) is 3.24. The third-order valence-electron chi connectivity index (χ3n) is 3.23. The molecule has 0 spiro atoms. The summed E-state index contributed by atoms with van der Waals surface area (Å²) < 4.78 is 10.5. The standard InChI is InChI=1S/C15H24O4/c1-4-5-13(16)14(17)8-6-11-10-12(18-2)7-9-15(11)19-3/h7,9-10,13-14,16-17H,4-6,8H2,1-3H3. The molecule has 19 heavy (non-hydrogen) atoms. The van der Waals surface area contributed by atoms with Gasteiger partial charge in [0.2, 0.25) is 0 Å². The number of hydrogen-bond donors (Lipinski definition) is 2. The van der Waals surface area contributed by atoms with Gasteiger partial charge in [-0.3, -0.25) is 0 Å². The largest absolute Gasteiger partial charge is 0.497 e. The lowest BCUT2D eigenvalue weighted by Gasteiger charge is -2.18. The monoisotopic (exact) mass is 268 g/mol. The molecule has 0 aliphatic carbocycles. The lowest BCUT2D eigenvalue weighted by Crippen LogP contribution is -2.26. The number of rotatable bonds is 8. The first-order valence-electron chi connectivity index (χ1n) is 6.69. The lowest BCUT2D eigenvalue weighted by atomic mass is 10.0. The van der Waals surface area contributed by atoms with E-state index in [1.54, 1.807) is 14.2 Å². The molecule has 4 heteroatoms. The molecule has 0 aliphatic rings. The topological polar surface area (TPSA) is 58.9 Å². The molecule has 0 saturated carbocycles. The van der Waals surface area contributed by atoms with E-state index in [0.29, 0.717) is 19.3 Å². The Labute approximate surface area is 115 Å². The zero-order valence-electron chi connectivity index (χ0n) is 11.9. The summed E-state index contributed by atoms with van der Waals surface area (Å²) in [5, 5.41) is 19.6. The fourth-order valence-corrected chi connectivity index (χ4v) is 2.06. The first-order valence-corrected chi connectivity index (χ1v) is 6.69. The van der Waals surface area contributed by atoms with Gasteiger partial charge in [0.15, 0.2) is 0 Å². The maximum atomic E-state index is 9.88. The molecular weight excluding hydrogens is 244 g/mol. The summed E-state index contributed by atoms with van der Waals surface area (Å²) in [4.78, 5) is 0. The van der Waals surface area contributed by atoms with Gasteiger partial charge in [0.05, 0.1) is 26.4 Å². The number of ether oxygens (including phenoxy) is 2. The molecule has 2 N–H and O–H groups in total. The summed E-state index contributed by atoms with van der Waals surface area (Å²) in [6.45, 7) is 1.99. The van der Waals surface area contributed by atoms with Crippen LogP contribution in [0.25, 0.3) is 0 Å². The zero-order chi connectivity index (χ0) is 14.3. The summed E-state index contributed by atoms with van der Waals surface area (Å²) >= 11 is 0. The highest BCUT2D eigenvalue weighted by atomic mass is 16.5. The molecule has 1 aromatic rings. The molecule has 0 aliphatic heterocycles. The van der Waals surface area contributed by atoms with Crippen LogP contribution in [0.1, 0.15) is 31.7 Å². The molecule has 108 valence electrons. The summed E-state index contributed by atoms with van der Waals surface area (Å²) in [6, 6.07) is 5.59. The van der Waals surface area contributed by atoms with Crippen molar-refractivity contribution in [2.24, 2.45) is 0 Å². The fourth-order valence-electron chi connectivity index (χ4n) is 2.06. The van der Waals surface area contributed by atoms with Crippen LogP contribution in [0, 0.1) is 0 Å². The number of aliphatic hydroxyl groups is 2. The van der Waals surface area contributed by atoms with Crippen LogP contribution in [0.15, 0.2) is 18.2 Å². The van der Waals surface area contributed by atoms with Gasteiger partial charge in [0.25, 0.3) is 0 Å². The third-order valence-corrected chi connectivity index (χ3v) is 3.23. The molecule has 0 fully saturated rings. The second kappa shape index (κ2) is 8.02. The number of methoxy groups -OCH3 is 2. The Morgan fingerprint density at radius 2 is 1.74 bits per heavy atom. The molecule has 0 radical (unpaired) electrons. The first-order chi connectivity index (χ1) is 9.12. The minimum Gasteiger partial charge on any atom is -0.497 e. The van der Waals surface area contributed by atoms with Crippen molar-refractivity contribution in [2.45, 2.75) is 44.8 Å². The van der Waals surface area contributed by atoms with E-state index in [2.05, 4.69) is 0 Å². The van der Waals surface area contributed by atoms with Crippen LogP contribution < -0.4 is 9.47 Å². The molecule has 2 unspecified atom stereocenters. The molecular formula is C15H24O4. The zero-order valence-corrected chi connectivity index (χ0v) is 11.9. The van der Waals surface area contributed by atoms with Crippen molar-refractivity contribution in [3.8, 4) is 11.5 Å². The normalized spacial score (nSPS) is 13.9. The minimum absolute atomic E-state index is 0.505. The number of aliphatic hydroxyl groups excluding tert-OH is 2. The summed E-state index contributed by atoms with van der Waals surface area (Å²) in [5.74, 6) is 1.54. The average Bonchev–Trinajstić information content (AvgIpc) is 2.44. The van der Waals surface area contributed by atoms with Crippen LogP contribution >= 0.6 is 0 Å². The van der Waals surface area contributed by atoms with Crippen LogP contribution in [0.5, 0.6) is 11.5 Å². The van der Waals surface area contributed by atoms with E-state index in [9.17, 15) is 10.2 Å². The Balaban J connectivity index is 2.65. The van der Waals surface area contributed by atoms with Crippen molar-refractivity contribution >= 4 is 0 Å². The van der Waals surface area contributed by atoms with E-state index in [1.807, 2.05) is 25.1 Å². The molecule has 0 heterocycles. The van der Waals surface area contributed by atoms with Crippen LogP contribution in [0.4, 0.5) is 0 Å². The molecule has 0 saturated heterocycles. The van der Waals surface area contributed by atoms with Gasteiger partial charge in [-0.15, -0.1) is 0 Å². The molecule has 1 aromatic carbocycles. The number of aryl methyl sites for hydroxylation is 1. The average molecular weight is 268 g/mol. The van der Waals surface area contributed by atoms with Crippen LogP contribution in [0.3, 0.4) is 0 Å². The van der Waals surface area contributed by atoms with Gasteiger partial charge in [0, 0.05) is 0 Å². The molecule has 0 aromatic heterocycles. The van der Waals surface area contributed by atoms with Gasteiger partial charge in [-0.2, -0.15) is 0 Å². The third kappa shape index (κ3) is 4.73. The van der Waals surface area contributed by atoms with Gasteiger partial charge < -0.3 is 19.7 Å². The van der Waals surface area contributed by atoms with E-state index in [4.69, 9.17) is 9.47 Å². The summed E-state index contributed by atoms with van der Waals surface area (Å²) in [6.07, 6.45) is 1.28. The van der Waals surface area contributed by atoms with Crippen molar-refractivity contribution in [3.63, 3.8) is 0 Å². The fraction of sp³-hybridized carbons (Fsp3) is 0.600. The Hall–Kier alpha value is -1.26. The molecule has 0 bridgehead atoms. The highest BCUT2D eigenvalue weighted by Crippen LogP contribution is 2.25. The second-order valence-corrected chi connectivity index (χ2v) is 4.64. The smallest absolute Gasteiger partial charge is 0.122 e. The number of benzene rings is 1. The van der Waals surface area contributed by atoms with Gasteiger partial charge in [-0.25, -0.2) is 0 Å². The highest BCUT2D eigenvalue weighted by molar-refractivity contribution is 5.40. The van der Waals surface area contributed by atoms with Crippen LogP contribution in [-0.2, 0) is 6.42 Å². The van der Waals surface area contributed by atoms with E-state index in [0.717, 1.165) is 23.5 Å². The predicted octanol–water partition coefficient (Wildman–Crippen LogP) is 2.16. The van der Waals surface area contributed by atoms with Crippen molar-refractivity contribution < 1.29 is 19.7 Å². The van der Waals surface area contributed by atoms with E-state index >= 15 is 0 Å². The molecule has 1 rings (SSSR count). The van der Waals surface area contributed by atoms with Crippen molar-refractivity contribution in [2.75, 3.05) is 14.2 Å². The maximum Gasteiger partial charge on any atom is 0.122 e. The predicted molar refractivity (Wildman–Crippen MR) is 74.8 cm³/mol. The van der Waals surface area contributed by atoms with Crippen LogP contribution in [0.2, 0.25) is 0 Å². The quantitative estimate of drug-likeness (QED) is 0.758. The first kappa shape index (κ1) is 15.8. The van der Waals surface area contributed by atoms with Crippen LogP contribution in [-0.4, -0.2) is 36.6 Å². The van der Waals surface area contributed by atoms with E-state index < -0.39 is 12.2 Å². The highest BCUT2D eigenvalue weighted by Gasteiger charge is 2.16. The van der Waals surface area contributed by atoms with E-state index in [-0.39, 0.29) is 0 Å². The molecule has 4 nitrogen and oxygen atoms in total. The Bertz CT molecular complexity index is 378. The van der Waals surface area contributed by atoms with Gasteiger partial charge in [-0.1, -0.05) is 13.3 Å². The van der Waals surface area contributed by atoms with Gasteiger partial charge >= 0.3 is 0 Å². The van der Waals surface area contributed by atoms with Crippen molar-refractivity contribution in [1.82, 2.24) is 0 Å². The molecule has 2 atom stereocenters. The Morgan fingerprint density at radius 1 is 1.05 bits per heavy atom. The molecule has 0 amide bonds. The minimum atomic E-state index is -0.698. The van der Waals surface area contributed by atoms with E-state index in [1.165, 1.54) is 0 Å². The lowest BCUT2D eigenvalue weighted by molar-refractivity contribution is 0.00973. The Kier molecular flexibility index (Phi) is 6.67. The van der Waals surface area contributed by atoms with Crippen molar-refractivity contribution in [1.29, 1.82) is 0 Å². The number of hydrogen-bond acceptors (Lipinski definition) is 4. The maximum absolute atomic E-state index is 9.88. The van der Waals surface area contributed by atoms with Gasteiger partial charge in [0.1, 0.15) is 11.5 Å². The van der Waals surface area contributed by atoms with Gasteiger partial charge in [-0.05, 0) is 43.0 Å². The summed E-state index contributed by atoms with van der Waals surface area (Å²) in [5.41, 5.74) is 0.976. The second-order valence-electron chi connectivity index (χ2n) is 4.64. The van der Waals surface area contributed by atoms with Crippen molar-refractivity contribution in [3.05, 3.63) is 23.8 Å². The SMILES string of the molecule is CCCC(O)C(O)CCc1cc(OC)ccc1OC. The Morgan fingerprint density at radius 3 is 2.32 bits per heavy atom.